The minimum atomic E-state index is -0.531. The molecule has 7 nitrogen and oxygen atoms in total. The van der Waals surface area contributed by atoms with Crippen LogP contribution in [0, 0.1) is 0 Å². The Bertz CT molecular complexity index is 711. The van der Waals surface area contributed by atoms with Gasteiger partial charge in [0.15, 0.2) is 0 Å². The van der Waals surface area contributed by atoms with Crippen LogP contribution in [0.15, 0.2) is 24.3 Å². The van der Waals surface area contributed by atoms with Gasteiger partial charge in [0, 0.05) is 44.7 Å². The van der Waals surface area contributed by atoms with Crippen molar-refractivity contribution >= 4 is 23.4 Å². The summed E-state index contributed by atoms with van der Waals surface area (Å²) in [6.07, 6.45) is 2.48. The molecule has 2 fully saturated rings. The maximum Gasteiger partial charge on any atom is 0.240 e. The van der Waals surface area contributed by atoms with Gasteiger partial charge in [0.05, 0.1) is 0 Å². The summed E-state index contributed by atoms with van der Waals surface area (Å²) < 4.78 is 0. The van der Waals surface area contributed by atoms with Crippen LogP contribution in [0.5, 0.6) is 0 Å². The molecule has 7 heteroatoms. The molecule has 0 aromatic heterocycles. The van der Waals surface area contributed by atoms with Gasteiger partial charge in [0.2, 0.25) is 17.7 Å². The summed E-state index contributed by atoms with van der Waals surface area (Å²) in [7, 11) is 0. The molecule has 1 aromatic rings. The van der Waals surface area contributed by atoms with Gasteiger partial charge in [0.25, 0.3) is 0 Å². The molecule has 3 amide bonds. The number of piperidine rings is 1. The Labute approximate surface area is 159 Å². The van der Waals surface area contributed by atoms with Crippen LogP contribution < -0.4 is 16.0 Å². The first-order valence-corrected chi connectivity index (χ1v) is 9.72. The summed E-state index contributed by atoms with van der Waals surface area (Å²) >= 11 is 0. The van der Waals surface area contributed by atoms with E-state index in [1.165, 1.54) is 0 Å². The number of nitrogens with zero attached hydrogens (tertiary/aromatic N) is 1. The summed E-state index contributed by atoms with van der Waals surface area (Å²) in [6.45, 7) is 4.56. The number of carbonyl (C=O) groups excluding carboxylic acids is 3. The highest BCUT2D eigenvalue weighted by atomic mass is 16.2. The van der Waals surface area contributed by atoms with Crippen molar-refractivity contribution in [3.05, 3.63) is 29.8 Å². The van der Waals surface area contributed by atoms with Gasteiger partial charge >= 0.3 is 0 Å². The SMILES string of the molecule is CCc1cccc(NC(=O)CCC(=O)N2CCC3(CC2)NCCNC3=O)c1. The van der Waals surface area contributed by atoms with Crippen molar-refractivity contribution in [3.8, 4) is 0 Å². The second-order valence-corrected chi connectivity index (χ2v) is 7.25. The minimum Gasteiger partial charge on any atom is -0.353 e. The predicted molar refractivity (Wildman–Crippen MR) is 103 cm³/mol. The van der Waals surface area contributed by atoms with Gasteiger partial charge in [-0.1, -0.05) is 19.1 Å². The summed E-state index contributed by atoms with van der Waals surface area (Å²) in [6, 6.07) is 7.74. The maximum absolute atomic E-state index is 12.4. The number of benzene rings is 1. The molecule has 2 aliphatic heterocycles. The molecular formula is C20H28N4O3. The zero-order valence-electron chi connectivity index (χ0n) is 15.8. The van der Waals surface area contributed by atoms with E-state index in [2.05, 4.69) is 22.9 Å². The van der Waals surface area contributed by atoms with E-state index >= 15 is 0 Å². The second-order valence-electron chi connectivity index (χ2n) is 7.25. The molecule has 3 rings (SSSR count). The first kappa shape index (κ1) is 19.4. The van der Waals surface area contributed by atoms with E-state index in [9.17, 15) is 14.4 Å². The molecule has 146 valence electrons. The normalized spacial score (nSPS) is 18.9. The lowest BCUT2D eigenvalue weighted by atomic mass is 9.85. The highest BCUT2D eigenvalue weighted by Crippen LogP contribution is 2.24. The number of likely N-dealkylation sites (tertiary alicyclic amines) is 1. The Balaban J connectivity index is 1.44. The number of nitrogens with one attached hydrogen (secondary N) is 3. The van der Waals surface area contributed by atoms with Gasteiger partial charge in [0.1, 0.15) is 5.54 Å². The zero-order chi connectivity index (χ0) is 19.3. The Hall–Kier alpha value is -2.41. The van der Waals surface area contributed by atoms with Crippen LogP contribution in [-0.2, 0) is 20.8 Å². The van der Waals surface area contributed by atoms with Crippen LogP contribution in [0.1, 0.15) is 38.2 Å². The Morgan fingerprint density at radius 2 is 1.96 bits per heavy atom. The zero-order valence-corrected chi connectivity index (χ0v) is 15.8. The van der Waals surface area contributed by atoms with Crippen molar-refractivity contribution in [2.45, 2.75) is 44.6 Å². The minimum absolute atomic E-state index is 0.0291. The lowest BCUT2D eigenvalue weighted by Gasteiger charge is -2.43. The van der Waals surface area contributed by atoms with Crippen molar-refractivity contribution in [2.75, 3.05) is 31.5 Å². The van der Waals surface area contributed by atoms with Crippen LogP contribution in [0.3, 0.4) is 0 Å². The number of piperazine rings is 1. The van der Waals surface area contributed by atoms with Gasteiger partial charge in [-0.05, 0) is 37.0 Å². The van der Waals surface area contributed by atoms with E-state index < -0.39 is 5.54 Å². The molecule has 27 heavy (non-hydrogen) atoms. The third-order valence-electron chi connectivity index (χ3n) is 5.46. The Kier molecular flexibility index (Phi) is 6.11. The molecule has 2 saturated heterocycles. The first-order valence-electron chi connectivity index (χ1n) is 9.72. The third-order valence-corrected chi connectivity index (χ3v) is 5.46. The molecule has 1 aromatic carbocycles. The summed E-state index contributed by atoms with van der Waals surface area (Å²) in [5.41, 5.74) is 1.39. The monoisotopic (exact) mass is 372 g/mol. The fourth-order valence-electron chi connectivity index (χ4n) is 3.74. The van der Waals surface area contributed by atoms with E-state index in [0.29, 0.717) is 32.5 Å². The predicted octanol–water partition coefficient (Wildman–Crippen LogP) is 1.05. The standard InChI is InChI=1S/C20H28N4O3/c1-2-15-4-3-5-16(14-15)23-17(25)6-7-18(26)24-12-8-20(9-13-24)19(27)21-10-11-22-20/h3-5,14,22H,2,6-13H2,1H3,(H,21,27)(H,23,25). The van der Waals surface area contributed by atoms with Crippen molar-refractivity contribution in [3.63, 3.8) is 0 Å². The lowest BCUT2D eigenvalue weighted by molar-refractivity contribution is -0.139. The van der Waals surface area contributed by atoms with Gasteiger partial charge in [-0.2, -0.15) is 0 Å². The van der Waals surface area contributed by atoms with E-state index in [0.717, 1.165) is 24.2 Å². The molecule has 2 heterocycles. The highest BCUT2D eigenvalue weighted by Gasteiger charge is 2.43. The number of aryl methyl sites for hydroxylation is 1. The van der Waals surface area contributed by atoms with E-state index in [1.807, 2.05) is 24.3 Å². The third kappa shape index (κ3) is 4.66. The van der Waals surface area contributed by atoms with Gasteiger partial charge in [-0.3, -0.25) is 14.4 Å². The van der Waals surface area contributed by atoms with Crippen LogP contribution in [0.4, 0.5) is 5.69 Å². The summed E-state index contributed by atoms with van der Waals surface area (Å²) in [5.74, 6) is -0.147. The smallest absolute Gasteiger partial charge is 0.240 e. The lowest BCUT2D eigenvalue weighted by Crippen LogP contribution is -2.66. The van der Waals surface area contributed by atoms with Crippen molar-refractivity contribution in [2.24, 2.45) is 0 Å². The fourth-order valence-corrected chi connectivity index (χ4v) is 3.74. The number of rotatable bonds is 5. The van der Waals surface area contributed by atoms with Crippen molar-refractivity contribution < 1.29 is 14.4 Å². The molecular weight excluding hydrogens is 344 g/mol. The summed E-state index contributed by atoms with van der Waals surface area (Å²) in [4.78, 5) is 38.5. The Morgan fingerprint density at radius 3 is 2.67 bits per heavy atom. The quantitative estimate of drug-likeness (QED) is 0.721. The molecule has 0 unspecified atom stereocenters. The average Bonchev–Trinajstić information content (AvgIpc) is 2.69. The van der Waals surface area contributed by atoms with E-state index in [-0.39, 0.29) is 30.6 Å². The number of anilines is 1. The highest BCUT2D eigenvalue weighted by molar-refractivity contribution is 5.93. The molecule has 3 N–H and O–H groups in total. The van der Waals surface area contributed by atoms with Crippen LogP contribution in [0.2, 0.25) is 0 Å². The topological polar surface area (TPSA) is 90.5 Å². The van der Waals surface area contributed by atoms with Crippen LogP contribution in [-0.4, -0.2) is 54.3 Å². The maximum atomic E-state index is 12.4. The average molecular weight is 372 g/mol. The van der Waals surface area contributed by atoms with E-state index in [1.54, 1.807) is 4.90 Å². The van der Waals surface area contributed by atoms with Gasteiger partial charge in [-0.25, -0.2) is 0 Å². The number of carbonyl (C=O) groups is 3. The van der Waals surface area contributed by atoms with Crippen molar-refractivity contribution in [1.82, 2.24) is 15.5 Å². The van der Waals surface area contributed by atoms with Crippen molar-refractivity contribution in [1.29, 1.82) is 0 Å². The number of hydrogen-bond donors (Lipinski definition) is 3. The van der Waals surface area contributed by atoms with Crippen LogP contribution in [0.25, 0.3) is 0 Å². The van der Waals surface area contributed by atoms with Crippen LogP contribution >= 0.6 is 0 Å². The first-order chi connectivity index (χ1) is 13.0. The molecule has 0 aliphatic carbocycles. The van der Waals surface area contributed by atoms with Gasteiger partial charge in [-0.15, -0.1) is 0 Å². The summed E-state index contributed by atoms with van der Waals surface area (Å²) in [5, 5.41) is 9.07. The van der Waals surface area contributed by atoms with Gasteiger partial charge < -0.3 is 20.9 Å². The number of hydrogen-bond acceptors (Lipinski definition) is 4. The molecule has 0 bridgehead atoms. The molecule has 2 aliphatic rings. The fraction of sp³-hybridized carbons (Fsp3) is 0.550. The molecule has 0 saturated carbocycles. The molecule has 0 atom stereocenters. The number of amides is 3. The molecule has 0 radical (unpaired) electrons. The van der Waals surface area contributed by atoms with E-state index in [4.69, 9.17) is 0 Å². The Morgan fingerprint density at radius 1 is 1.19 bits per heavy atom. The largest absolute Gasteiger partial charge is 0.353 e. The molecule has 1 spiro atoms. The second kappa shape index (κ2) is 8.52.